The molecule has 30 heavy (non-hydrogen) atoms. The van der Waals surface area contributed by atoms with Crippen LogP contribution in [0.5, 0.6) is 5.75 Å². The highest BCUT2D eigenvalue weighted by Crippen LogP contribution is 2.39. The first kappa shape index (κ1) is 20.4. The van der Waals surface area contributed by atoms with E-state index in [0.29, 0.717) is 27.6 Å². The van der Waals surface area contributed by atoms with Gasteiger partial charge in [0.2, 0.25) is 0 Å². The summed E-state index contributed by atoms with van der Waals surface area (Å²) in [4.78, 5) is 42.0. The Labute approximate surface area is 180 Å². The molecule has 0 unspecified atom stereocenters. The van der Waals surface area contributed by atoms with Crippen LogP contribution in [0, 0.1) is 0 Å². The van der Waals surface area contributed by atoms with E-state index in [1.165, 1.54) is 4.90 Å². The second-order valence-corrected chi connectivity index (χ2v) is 8.55. The summed E-state index contributed by atoms with van der Waals surface area (Å²) in [5.41, 5.74) is 0.262. The normalized spacial score (nSPS) is 17.5. The molecule has 2 aromatic carbocycles. The number of Topliss-reactive ketones (excluding diaryl/α,β-unsaturated/α-hetero) is 1. The average molecular weight is 427 g/mol. The highest BCUT2D eigenvalue weighted by molar-refractivity contribution is 6.30. The smallest absolute Gasteiger partial charge is 0.271 e. The van der Waals surface area contributed by atoms with Gasteiger partial charge in [0.05, 0.1) is 12.2 Å². The summed E-state index contributed by atoms with van der Waals surface area (Å²) in [5, 5.41) is 0.533. The molecule has 2 aliphatic rings. The van der Waals surface area contributed by atoms with Crippen LogP contribution in [-0.4, -0.2) is 47.7 Å². The van der Waals surface area contributed by atoms with E-state index in [0.717, 1.165) is 25.9 Å². The maximum Gasteiger partial charge on any atom is 0.271 e. The van der Waals surface area contributed by atoms with Gasteiger partial charge < -0.3 is 9.64 Å². The van der Waals surface area contributed by atoms with Crippen molar-refractivity contribution in [3.05, 3.63) is 58.6 Å². The quantitative estimate of drug-likeness (QED) is 0.694. The Morgan fingerprint density at radius 3 is 2.33 bits per heavy atom. The number of rotatable bonds is 4. The molecule has 2 amide bonds. The van der Waals surface area contributed by atoms with Crippen molar-refractivity contribution in [3.8, 4) is 5.75 Å². The van der Waals surface area contributed by atoms with Crippen LogP contribution in [0.4, 0.5) is 5.69 Å². The Balaban J connectivity index is 1.68. The van der Waals surface area contributed by atoms with Gasteiger partial charge >= 0.3 is 0 Å². The Morgan fingerprint density at radius 2 is 1.67 bits per heavy atom. The van der Waals surface area contributed by atoms with Gasteiger partial charge in [-0.2, -0.15) is 0 Å². The molecule has 0 aliphatic carbocycles. The average Bonchev–Trinajstić information content (AvgIpc) is 3.25. The third-order valence-corrected chi connectivity index (χ3v) is 5.74. The van der Waals surface area contributed by atoms with Crippen LogP contribution in [0.15, 0.2) is 42.5 Å². The van der Waals surface area contributed by atoms with E-state index < -0.39 is 5.60 Å². The zero-order chi connectivity index (χ0) is 21.5. The predicted octanol–water partition coefficient (Wildman–Crippen LogP) is 3.96. The first-order valence-corrected chi connectivity index (χ1v) is 10.4. The molecule has 6 nitrogen and oxygen atoms in total. The number of carbonyl (C=O) groups is 3. The van der Waals surface area contributed by atoms with Crippen LogP contribution < -0.4 is 9.64 Å². The van der Waals surface area contributed by atoms with Gasteiger partial charge in [-0.25, -0.2) is 0 Å². The molecule has 156 valence electrons. The summed E-state index contributed by atoms with van der Waals surface area (Å²) in [5.74, 6) is -0.152. The first-order valence-electron chi connectivity index (χ1n) is 9.99. The summed E-state index contributed by atoms with van der Waals surface area (Å²) in [7, 11) is 0. The molecule has 1 fully saturated rings. The lowest BCUT2D eigenvalue weighted by Crippen LogP contribution is -2.54. The van der Waals surface area contributed by atoms with Gasteiger partial charge in [-0.3, -0.25) is 19.3 Å². The number of hydrogen-bond donors (Lipinski definition) is 0. The monoisotopic (exact) mass is 426 g/mol. The molecule has 2 aromatic rings. The Morgan fingerprint density at radius 1 is 1.03 bits per heavy atom. The number of carbonyl (C=O) groups excluding carboxylic acids is 3. The molecule has 1 saturated heterocycles. The van der Waals surface area contributed by atoms with Crippen LogP contribution in [0.1, 0.15) is 47.4 Å². The van der Waals surface area contributed by atoms with Crippen molar-refractivity contribution in [2.45, 2.75) is 32.3 Å². The number of fused-ring (bicyclic) bond motifs is 1. The number of benzene rings is 2. The van der Waals surface area contributed by atoms with Gasteiger partial charge in [-0.15, -0.1) is 0 Å². The lowest BCUT2D eigenvalue weighted by atomic mass is 10.0. The minimum atomic E-state index is -1.12. The number of nitrogens with zero attached hydrogens (tertiary/aromatic N) is 2. The molecular weight excluding hydrogens is 404 g/mol. The third kappa shape index (κ3) is 3.79. The third-order valence-electron chi connectivity index (χ3n) is 5.48. The van der Waals surface area contributed by atoms with Gasteiger partial charge in [0.15, 0.2) is 11.4 Å². The molecule has 0 saturated carbocycles. The minimum Gasteiger partial charge on any atom is -0.476 e. The fourth-order valence-electron chi connectivity index (χ4n) is 3.83. The number of ether oxygens (including phenoxy) is 1. The zero-order valence-electron chi connectivity index (χ0n) is 17.0. The van der Waals surface area contributed by atoms with E-state index in [4.69, 9.17) is 16.3 Å². The number of likely N-dealkylation sites (tertiary alicyclic amines) is 1. The molecule has 0 bridgehead atoms. The SMILES string of the molecule is CC1(C)Oc2ccc(C(=O)N3CCCC3)cc2N(CC(=O)c2ccc(Cl)cc2)C1=O. The van der Waals surface area contributed by atoms with E-state index >= 15 is 0 Å². The van der Waals surface area contributed by atoms with Gasteiger partial charge in [-0.1, -0.05) is 11.6 Å². The fraction of sp³-hybridized carbons (Fsp3) is 0.348. The molecular formula is C23H23ClN2O4. The summed E-state index contributed by atoms with van der Waals surface area (Å²) in [6, 6.07) is 11.6. The molecule has 2 heterocycles. The second kappa shape index (κ2) is 7.76. The Bertz CT molecular complexity index is 1010. The fourth-order valence-corrected chi connectivity index (χ4v) is 3.96. The molecule has 0 radical (unpaired) electrons. The molecule has 0 aromatic heterocycles. The van der Waals surface area contributed by atoms with Crippen molar-refractivity contribution in [2.24, 2.45) is 0 Å². The molecule has 0 spiro atoms. The second-order valence-electron chi connectivity index (χ2n) is 8.12. The standard InChI is InChI=1S/C23H23ClN2O4/c1-23(2)22(29)26(14-19(27)15-5-8-17(24)9-6-15)18-13-16(7-10-20(18)30-23)21(28)25-11-3-4-12-25/h5-10,13H,3-4,11-12,14H2,1-2H3. The number of anilines is 1. The van der Waals surface area contributed by atoms with E-state index in [9.17, 15) is 14.4 Å². The number of amides is 2. The first-order chi connectivity index (χ1) is 14.3. The maximum absolute atomic E-state index is 13.1. The largest absolute Gasteiger partial charge is 0.476 e. The van der Waals surface area contributed by atoms with Crippen molar-refractivity contribution < 1.29 is 19.1 Å². The van der Waals surface area contributed by atoms with Gasteiger partial charge in [0, 0.05) is 29.2 Å². The van der Waals surface area contributed by atoms with Crippen molar-refractivity contribution >= 4 is 34.9 Å². The van der Waals surface area contributed by atoms with Crippen LogP contribution >= 0.6 is 11.6 Å². The Hall–Kier alpha value is -2.86. The van der Waals surface area contributed by atoms with Crippen LogP contribution in [0.2, 0.25) is 5.02 Å². The lowest BCUT2D eigenvalue weighted by molar-refractivity contribution is -0.132. The molecule has 7 heteroatoms. The molecule has 0 atom stereocenters. The summed E-state index contributed by atoms with van der Waals surface area (Å²) in [6.45, 7) is 4.65. The zero-order valence-corrected chi connectivity index (χ0v) is 17.7. The Kier molecular flexibility index (Phi) is 5.28. The summed E-state index contributed by atoms with van der Waals surface area (Å²) in [6.07, 6.45) is 1.99. The van der Waals surface area contributed by atoms with Crippen LogP contribution in [0.3, 0.4) is 0 Å². The molecule has 4 rings (SSSR count). The van der Waals surface area contributed by atoms with Crippen LogP contribution in [-0.2, 0) is 4.79 Å². The van der Waals surface area contributed by atoms with Gasteiger partial charge in [0.1, 0.15) is 5.75 Å². The highest BCUT2D eigenvalue weighted by Gasteiger charge is 2.42. The van der Waals surface area contributed by atoms with E-state index in [1.807, 2.05) is 0 Å². The maximum atomic E-state index is 13.1. The van der Waals surface area contributed by atoms with Crippen molar-refractivity contribution in [2.75, 3.05) is 24.5 Å². The van der Waals surface area contributed by atoms with Gasteiger partial charge in [0.25, 0.3) is 11.8 Å². The van der Waals surface area contributed by atoms with Gasteiger partial charge in [-0.05, 0) is 69.2 Å². The van der Waals surface area contributed by atoms with Crippen molar-refractivity contribution in [3.63, 3.8) is 0 Å². The molecule has 2 aliphatic heterocycles. The van der Waals surface area contributed by atoms with Crippen molar-refractivity contribution in [1.29, 1.82) is 0 Å². The molecule has 0 N–H and O–H groups in total. The number of ketones is 1. The highest BCUT2D eigenvalue weighted by atomic mass is 35.5. The summed E-state index contributed by atoms with van der Waals surface area (Å²) >= 11 is 5.91. The minimum absolute atomic E-state index is 0.0726. The van der Waals surface area contributed by atoms with Crippen molar-refractivity contribution in [1.82, 2.24) is 4.90 Å². The van der Waals surface area contributed by atoms with E-state index in [1.54, 1.807) is 61.2 Å². The topological polar surface area (TPSA) is 66.9 Å². The predicted molar refractivity (Wildman–Crippen MR) is 114 cm³/mol. The number of halogens is 1. The van der Waals surface area contributed by atoms with Crippen LogP contribution in [0.25, 0.3) is 0 Å². The lowest BCUT2D eigenvalue weighted by Gasteiger charge is -2.38. The number of hydrogen-bond acceptors (Lipinski definition) is 4. The van der Waals surface area contributed by atoms with E-state index in [2.05, 4.69) is 0 Å². The van der Waals surface area contributed by atoms with E-state index in [-0.39, 0.29) is 24.1 Å². The summed E-state index contributed by atoms with van der Waals surface area (Å²) < 4.78 is 5.88.